The van der Waals surface area contributed by atoms with E-state index in [2.05, 4.69) is 10.6 Å². The van der Waals surface area contributed by atoms with E-state index >= 15 is 0 Å². The zero-order valence-electron chi connectivity index (χ0n) is 13.9. The molecule has 0 radical (unpaired) electrons. The number of hydrogen-bond acceptors (Lipinski definition) is 4. The molecule has 0 saturated heterocycles. The van der Waals surface area contributed by atoms with Crippen LogP contribution < -0.4 is 10.6 Å². The van der Waals surface area contributed by atoms with Crippen molar-refractivity contribution in [2.45, 2.75) is 45.6 Å². The van der Waals surface area contributed by atoms with Gasteiger partial charge in [0.05, 0.1) is 0 Å². The van der Waals surface area contributed by atoms with E-state index in [1.807, 2.05) is 13.8 Å². The minimum atomic E-state index is -0.529. The number of likely N-dealkylation sites (N-methyl/N-ethyl adjacent to an activating group) is 1. The van der Waals surface area contributed by atoms with Gasteiger partial charge in [0.15, 0.2) is 0 Å². The highest BCUT2D eigenvalue weighted by Gasteiger charge is 2.23. The van der Waals surface area contributed by atoms with Crippen molar-refractivity contribution in [2.24, 2.45) is 5.92 Å². The summed E-state index contributed by atoms with van der Waals surface area (Å²) in [5.74, 6) is -0.913. The fourth-order valence-corrected chi connectivity index (χ4v) is 2.32. The molecule has 2 N–H and O–H groups in total. The van der Waals surface area contributed by atoms with Crippen LogP contribution in [0.5, 0.6) is 0 Å². The number of rotatable bonds is 9. The number of carbonyl (C=O) groups is 4. The number of carbonyl (C=O) groups excluding carboxylic acids is 4. The van der Waals surface area contributed by atoms with E-state index in [0.29, 0.717) is 25.8 Å². The van der Waals surface area contributed by atoms with Crippen LogP contribution in [0.4, 0.5) is 0 Å². The van der Waals surface area contributed by atoms with Crippen LogP contribution in [0.1, 0.15) is 39.5 Å². The Morgan fingerprint density at radius 1 is 1.09 bits per heavy atom. The highest BCUT2D eigenvalue weighted by molar-refractivity contribution is 6.12. The molecular formula is C16H25N3O4. The Morgan fingerprint density at radius 2 is 1.70 bits per heavy atom. The summed E-state index contributed by atoms with van der Waals surface area (Å²) in [6.45, 7) is 4.12. The molecule has 1 aliphatic rings. The first-order chi connectivity index (χ1) is 10.9. The van der Waals surface area contributed by atoms with Gasteiger partial charge in [0.2, 0.25) is 11.8 Å². The highest BCUT2D eigenvalue weighted by atomic mass is 16.2. The Kier molecular flexibility index (Phi) is 7.44. The Morgan fingerprint density at radius 3 is 2.22 bits per heavy atom. The van der Waals surface area contributed by atoms with E-state index in [1.165, 1.54) is 17.1 Å². The average molecular weight is 323 g/mol. The first-order valence-electron chi connectivity index (χ1n) is 7.91. The van der Waals surface area contributed by atoms with Crippen LogP contribution in [-0.2, 0) is 19.2 Å². The molecule has 4 amide bonds. The highest BCUT2D eigenvalue weighted by Crippen LogP contribution is 2.08. The van der Waals surface area contributed by atoms with Crippen molar-refractivity contribution in [3.8, 4) is 0 Å². The second-order valence-electron chi connectivity index (χ2n) is 5.88. The van der Waals surface area contributed by atoms with Gasteiger partial charge < -0.3 is 10.6 Å². The third-order valence-corrected chi connectivity index (χ3v) is 3.70. The summed E-state index contributed by atoms with van der Waals surface area (Å²) >= 11 is 0. The van der Waals surface area contributed by atoms with Crippen LogP contribution in [0, 0.1) is 5.92 Å². The molecule has 128 valence electrons. The van der Waals surface area contributed by atoms with Gasteiger partial charge in [0.25, 0.3) is 11.8 Å². The normalized spacial score (nSPS) is 15.2. The summed E-state index contributed by atoms with van der Waals surface area (Å²) in [5, 5.41) is 5.27. The molecule has 1 unspecified atom stereocenters. The maximum atomic E-state index is 11.9. The van der Waals surface area contributed by atoms with E-state index in [0.717, 1.165) is 6.42 Å². The number of nitrogens with zero attached hydrogens (tertiary/aromatic N) is 1. The lowest BCUT2D eigenvalue weighted by Crippen LogP contribution is -2.48. The molecule has 0 saturated carbocycles. The van der Waals surface area contributed by atoms with Gasteiger partial charge in [-0.05, 0) is 18.8 Å². The quantitative estimate of drug-likeness (QED) is 0.473. The first kappa shape index (κ1) is 18.9. The average Bonchev–Trinajstić information content (AvgIpc) is 2.82. The van der Waals surface area contributed by atoms with Crippen LogP contribution in [0.3, 0.4) is 0 Å². The van der Waals surface area contributed by atoms with Gasteiger partial charge >= 0.3 is 0 Å². The fourth-order valence-electron chi connectivity index (χ4n) is 2.32. The van der Waals surface area contributed by atoms with E-state index in [4.69, 9.17) is 0 Å². The lowest BCUT2D eigenvalue weighted by Gasteiger charge is -2.20. The minimum Gasteiger partial charge on any atom is -0.357 e. The van der Waals surface area contributed by atoms with Crippen LogP contribution in [0.2, 0.25) is 0 Å². The third-order valence-electron chi connectivity index (χ3n) is 3.70. The van der Waals surface area contributed by atoms with Gasteiger partial charge in [-0.15, -0.1) is 0 Å². The molecule has 0 aromatic heterocycles. The standard InChI is InChI=1S/C16H25N3O4/c1-11(2)15(16(23)17-3)18-12(20)7-5-4-6-10-19-13(21)8-9-14(19)22/h8-9,11,15H,4-7,10H2,1-3H3,(H,17,23)(H,18,20). The van der Waals surface area contributed by atoms with Crippen LogP contribution >= 0.6 is 0 Å². The Bertz CT molecular complexity index is 482. The summed E-state index contributed by atoms with van der Waals surface area (Å²) in [5.41, 5.74) is 0. The van der Waals surface area contributed by atoms with E-state index in [-0.39, 0.29) is 29.5 Å². The van der Waals surface area contributed by atoms with Crippen molar-refractivity contribution in [3.63, 3.8) is 0 Å². The van der Waals surface area contributed by atoms with Gasteiger partial charge in [0, 0.05) is 32.2 Å². The second-order valence-corrected chi connectivity index (χ2v) is 5.88. The molecule has 1 atom stereocenters. The summed E-state index contributed by atoms with van der Waals surface area (Å²) in [6, 6.07) is -0.529. The van der Waals surface area contributed by atoms with Crippen molar-refractivity contribution < 1.29 is 19.2 Å². The van der Waals surface area contributed by atoms with Crippen LogP contribution in [-0.4, -0.2) is 48.2 Å². The molecule has 0 bridgehead atoms. The first-order valence-corrected chi connectivity index (χ1v) is 7.91. The van der Waals surface area contributed by atoms with Crippen LogP contribution in [0.15, 0.2) is 12.2 Å². The molecule has 23 heavy (non-hydrogen) atoms. The molecule has 1 heterocycles. The maximum Gasteiger partial charge on any atom is 0.253 e. The summed E-state index contributed by atoms with van der Waals surface area (Å²) in [7, 11) is 1.54. The van der Waals surface area contributed by atoms with Crippen LogP contribution in [0.25, 0.3) is 0 Å². The van der Waals surface area contributed by atoms with E-state index in [9.17, 15) is 19.2 Å². The molecule has 1 aliphatic heterocycles. The number of unbranched alkanes of at least 4 members (excludes halogenated alkanes) is 2. The molecule has 0 aliphatic carbocycles. The Hall–Kier alpha value is -2.18. The molecule has 0 aromatic carbocycles. The fraction of sp³-hybridized carbons (Fsp3) is 0.625. The predicted molar refractivity (Wildman–Crippen MR) is 85.2 cm³/mol. The number of hydrogen-bond donors (Lipinski definition) is 2. The predicted octanol–water partition coefficient (Wildman–Crippen LogP) is 0.359. The van der Waals surface area contributed by atoms with Crippen molar-refractivity contribution in [3.05, 3.63) is 12.2 Å². The van der Waals surface area contributed by atoms with Crippen molar-refractivity contribution in [1.82, 2.24) is 15.5 Å². The zero-order valence-corrected chi connectivity index (χ0v) is 13.9. The van der Waals surface area contributed by atoms with Gasteiger partial charge in [-0.2, -0.15) is 0 Å². The maximum absolute atomic E-state index is 11.9. The molecule has 1 rings (SSSR count). The number of imide groups is 1. The summed E-state index contributed by atoms with van der Waals surface area (Å²) in [4.78, 5) is 47.5. The molecule has 0 spiro atoms. The molecular weight excluding hydrogens is 298 g/mol. The lowest BCUT2D eigenvalue weighted by atomic mass is 10.0. The third kappa shape index (κ3) is 5.84. The zero-order chi connectivity index (χ0) is 17.4. The Labute approximate surface area is 136 Å². The second kappa shape index (κ2) is 9.07. The molecule has 7 heteroatoms. The van der Waals surface area contributed by atoms with Gasteiger partial charge in [-0.3, -0.25) is 24.1 Å². The van der Waals surface area contributed by atoms with Gasteiger partial charge in [-0.1, -0.05) is 20.3 Å². The van der Waals surface area contributed by atoms with E-state index in [1.54, 1.807) is 7.05 Å². The van der Waals surface area contributed by atoms with Crippen molar-refractivity contribution in [2.75, 3.05) is 13.6 Å². The number of nitrogens with one attached hydrogen (secondary N) is 2. The topological polar surface area (TPSA) is 95.6 Å². The minimum absolute atomic E-state index is 0.0126. The molecule has 0 aromatic rings. The summed E-state index contributed by atoms with van der Waals surface area (Å²) in [6.07, 6.45) is 4.89. The number of amides is 4. The molecule has 7 nitrogen and oxygen atoms in total. The molecule has 0 fully saturated rings. The van der Waals surface area contributed by atoms with Gasteiger partial charge in [-0.25, -0.2) is 0 Å². The lowest BCUT2D eigenvalue weighted by molar-refractivity contribution is -0.137. The van der Waals surface area contributed by atoms with Gasteiger partial charge in [0.1, 0.15) is 6.04 Å². The monoisotopic (exact) mass is 323 g/mol. The summed E-state index contributed by atoms with van der Waals surface area (Å²) < 4.78 is 0. The van der Waals surface area contributed by atoms with Crippen molar-refractivity contribution in [1.29, 1.82) is 0 Å². The van der Waals surface area contributed by atoms with E-state index < -0.39 is 6.04 Å². The Balaban J connectivity index is 2.22. The van der Waals surface area contributed by atoms with Crippen molar-refractivity contribution >= 4 is 23.6 Å². The SMILES string of the molecule is CNC(=O)C(NC(=O)CCCCCN1C(=O)C=CC1=O)C(C)C. The smallest absolute Gasteiger partial charge is 0.253 e. The largest absolute Gasteiger partial charge is 0.357 e.